The fourth-order valence-electron chi connectivity index (χ4n) is 1.87. The van der Waals surface area contributed by atoms with Gasteiger partial charge in [-0.15, -0.1) is 0 Å². The Kier molecular flexibility index (Phi) is 1.83. The maximum absolute atomic E-state index is 11.0. The number of hydrogen-bond donors (Lipinski definition) is 2. The Balaban J connectivity index is 2.24. The van der Waals surface area contributed by atoms with E-state index in [4.69, 9.17) is 5.73 Å². The molecule has 4 nitrogen and oxygen atoms in total. The average molecular weight is 179 g/mol. The molecule has 4 heteroatoms. The van der Waals surface area contributed by atoms with Gasteiger partial charge < -0.3 is 10.7 Å². The number of aromatic amines is 1. The summed E-state index contributed by atoms with van der Waals surface area (Å²) in [5, 5.41) is 0. The van der Waals surface area contributed by atoms with Crippen molar-refractivity contribution in [2.24, 2.45) is 11.7 Å². The first-order chi connectivity index (χ1) is 6.16. The van der Waals surface area contributed by atoms with Crippen molar-refractivity contribution in [1.82, 2.24) is 9.97 Å². The van der Waals surface area contributed by atoms with Crippen molar-refractivity contribution in [1.29, 1.82) is 0 Å². The van der Waals surface area contributed by atoms with Crippen LogP contribution in [0.3, 0.4) is 0 Å². The van der Waals surface area contributed by atoms with Gasteiger partial charge >= 0.3 is 0 Å². The summed E-state index contributed by atoms with van der Waals surface area (Å²) in [6.45, 7) is 1.93. The SMILES string of the molecule is Cc1nc2c([nH]1)CC(C(N)=O)CC2. The van der Waals surface area contributed by atoms with Gasteiger partial charge in [0.15, 0.2) is 0 Å². The fourth-order valence-corrected chi connectivity index (χ4v) is 1.87. The molecule has 1 aromatic rings. The van der Waals surface area contributed by atoms with Crippen molar-refractivity contribution in [3.8, 4) is 0 Å². The highest BCUT2D eigenvalue weighted by molar-refractivity contribution is 5.77. The van der Waals surface area contributed by atoms with Crippen LogP contribution in [0.25, 0.3) is 0 Å². The number of H-pyrrole nitrogens is 1. The minimum atomic E-state index is -0.196. The second-order valence-electron chi connectivity index (χ2n) is 3.59. The Hall–Kier alpha value is -1.32. The van der Waals surface area contributed by atoms with E-state index in [2.05, 4.69) is 9.97 Å². The molecule has 0 bridgehead atoms. The lowest BCUT2D eigenvalue weighted by atomic mass is 9.89. The van der Waals surface area contributed by atoms with Gasteiger partial charge in [0.1, 0.15) is 5.82 Å². The number of nitrogens with two attached hydrogens (primary N) is 1. The lowest BCUT2D eigenvalue weighted by molar-refractivity contribution is -0.122. The maximum Gasteiger partial charge on any atom is 0.220 e. The Labute approximate surface area is 76.5 Å². The largest absolute Gasteiger partial charge is 0.369 e. The summed E-state index contributed by atoms with van der Waals surface area (Å²) >= 11 is 0. The van der Waals surface area contributed by atoms with Crippen LogP contribution >= 0.6 is 0 Å². The zero-order valence-corrected chi connectivity index (χ0v) is 7.63. The molecule has 0 radical (unpaired) electrons. The van der Waals surface area contributed by atoms with Crippen molar-refractivity contribution in [2.45, 2.75) is 26.2 Å². The van der Waals surface area contributed by atoms with Crippen LogP contribution in [0.1, 0.15) is 23.6 Å². The van der Waals surface area contributed by atoms with E-state index in [1.807, 2.05) is 6.92 Å². The first-order valence-electron chi connectivity index (χ1n) is 4.50. The number of nitrogens with one attached hydrogen (secondary N) is 1. The third-order valence-corrected chi connectivity index (χ3v) is 2.57. The monoisotopic (exact) mass is 179 g/mol. The fraction of sp³-hybridized carbons (Fsp3) is 0.556. The van der Waals surface area contributed by atoms with E-state index < -0.39 is 0 Å². The first-order valence-corrected chi connectivity index (χ1v) is 4.50. The summed E-state index contributed by atoms with van der Waals surface area (Å²) in [7, 11) is 0. The van der Waals surface area contributed by atoms with Crippen LogP contribution in [-0.2, 0) is 17.6 Å². The van der Waals surface area contributed by atoms with Crippen molar-refractivity contribution < 1.29 is 4.79 Å². The normalized spacial score (nSPS) is 21.2. The second-order valence-corrected chi connectivity index (χ2v) is 3.59. The Morgan fingerprint density at radius 1 is 1.69 bits per heavy atom. The molecule has 1 atom stereocenters. The summed E-state index contributed by atoms with van der Waals surface area (Å²) in [4.78, 5) is 18.5. The van der Waals surface area contributed by atoms with Crippen molar-refractivity contribution in [3.63, 3.8) is 0 Å². The van der Waals surface area contributed by atoms with E-state index in [-0.39, 0.29) is 11.8 Å². The molecule has 0 spiro atoms. The minimum Gasteiger partial charge on any atom is -0.369 e. The highest BCUT2D eigenvalue weighted by atomic mass is 16.1. The number of carbonyl (C=O) groups is 1. The third-order valence-electron chi connectivity index (χ3n) is 2.57. The number of rotatable bonds is 1. The molecule has 0 fully saturated rings. The minimum absolute atomic E-state index is 0.00708. The van der Waals surface area contributed by atoms with Crippen LogP contribution in [0.15, 0.2) is 0 Å². The van der Waals surface area contributed by atoms with Gasteiger partial charge in [-0.25, -0.2) is 4.98 Å². The molecule has 70 valence electrons. The molecule has 0 saturated heterocycles. The van der Waals surface area contributed by atoms with Gasteiger partial charge in [0.05, 0.1) is 5.69 Å². The number of imidazole rings is 1. The number of fused-ring (bicyclic) bond motifs is 1. The van der Waals surface area contributed by atoms with Crippen molar-refractivity contribution in [3.05, 3.63) is 17.2 Å². The topological polar surface area (TPSA) is 71.8 Å². The van der Waals surface area contributed by atoms with Crippen LogP contribution < -0.4 is 5.73 Å². The number of carbonyl (C=O) groups excluding carboxylic acids is 1. The molecule has 1 aliphatic carbocycles. The van der Waals surface area contributed by atoms with Crippen molar-refractivity contribution in [2.75, 3.05) is 0 Å². The van der Waals surface area contributed by atoms with Crippen molar-refractivity contribution >= 4 is 5.91 Å². The van der Waals surface area contributed by atoms with Crippen LogP contribution in [-0.4, -0.2) is 15.9 Å². The lowest BCUT2D eigenvalue weighted by Crippen LogP contribution is -2.28. The Morgan fingerprint density at radius 3 is 3.15 bits per heavy atom. The highest BCUT2D eigenvalue weighted by Gasteiger charge is 2.24. The van der Waals surface area contributed by atoms with Crippen LogP contribution in [0.2, 0.25) is 0 Å². The molecule has 0 aromatic carbocycles. The molecular weight excluding hydrogens is 166 g/mol. The number of nitrogens with zero attached hydrogens (tertiary/aromatic N) is 1. The van der Waals surface area contributed by atoms with Gasteiger partial charge in [0.25, 0.3) is 0 Å². The quantitative estimate of drug-likeness (QED) is 0.651. The smallest absolute Gasteiger partial charge is 0.220 e. The van der Waals surface area contributed by atoms with E-state index in [0.29, 0.717) is 0 Å². The molecule has 1 amide bonds. The van der Waals surface area contributed by atoms with Gasteiger partial charge in [-0.3, -0.25) is 4.79 Å². The molecule has 0 aliphatic heterocycles. The predicted octanol–water partition coefficient (Wildman–Crippen LogP) is 0.308. The summed E-state index contributed by atoms with van der Waals surface area (Å²) in [5.74, 6) is 0.723. The molecule has 0 saturated carbocycles. The standard InChI is InChI=1S/C9H13N3O/c1-5-11-7-3-2-6(9(10)13)4-8(7)12-5/h6H,2-4H2,1H3,(H2,10,13)(H,11,12). The summed E-state index contributed by atoms with van der Waals surface area (Å²) < 4.78 is 0. The van der Waals surface area contributed by atoms with E-state index in [0.717, 1.165) is 36.5 Å². The number of amides is 1. The van der Waals surface area contributed by atoms with Gasteiger partial charge in [-0.2, -0.15) is 0 Å². The lowest BCUT2D eigenvalue weighted by Gasteiger charge is -2.17. The Bertz CT molecular complexity index is 343. The van der Waals surface area contributed by atoms with Crippen LogP contribution in [0.5, 0.6) is 0 Å². The zero-order chi connectivity index (χ0) is 9.42. The number of aromatic nitrogens is 2. The first kappa shape index (κ1) is 8.29. The van der Waals surface area contributed by atoms with Crippen LogP contribution in [0.4, 0.5) is 0 Å². The molecule has 2 rings (SSSR count). The highest BCUT2D eigenvalue weighted by Crippen LogP contribution is 2.23. The Morgan fingerprint density at radius 2 is 2.46 bits per heavy atom. The number of aryl methyl sites for hydroxylation is 2. The number of hydrogen-bond acceptors (Lipinski definition) is 2. The van der Waals surface area contributed by atoms with Crippen LogP contribution in [0, 0.1) is 12.8 Å². The molecule has 1 heterocycles. The van der Waals surface area contributed by atoms with Gasteiger partial charge in [0, 0.05) is 18.0 Å². The summed E-state index contributed by atoms with van der Waals surface area (Å²) in [6, 6.07) is 0. The van der Waals surface area contributed by atoms with E-state index >= 15 is 0 Å². The molecule has 1 unspecified atom stereocenters. The van der Waals surface area contributed by atoms with E-state index in [1.54, 1.807) is 0 Å². The summed E-state index contributed by atoms with van der Waals surface area (Å²) in [6.07, 6.45) is 2.44. The second kappa shape index (κ2) is 2.87. The summed E-state index contributed by atoms with van der Waals surface area (Å²) in [5.41, 5.74) is 7.45. The molecule has 3 N–H and O–H groups in total. The third kappa shape index (κ3) is 1.43. The predicted molar refractivity (Wildman–Crippen MR) is 48.0 cm³/mol. The molecule has 1 aliphatic rings. The zero-order valence-electron chi connectivity index (χ0n) is 7.63. The van der Waals surface area contributed by atoms with E-state index in [9.17, 15) is 4.79 Å². The van der Waals surface area contributed by atoms with E-state index in [1.165, 1.54) is 0 Å². The maximum atomic E-state index is 11.0. The molecule has 1 aromatic heterocycles. The number of primary amides is 1. The van der Waals surface area contributed by atoms with Gasteiger partial charge in [0.2, 0.25) is 5.91 Å². The average Bonchev–Trinajstić information content (AvgIpc) is 2.42. The molecular formula is C9H13N3O. The van der Waals surface area contributed by atoms with Gasteiger partial charge in [-0.05, 0) is 19.8 Å². The molecule has 13 heavy (non-hydrogen) atoms. The van der Waals surface area contributed by atoms with Gasteiger partial charge in [-0.1, -0.05) is 0 Å².